The molecule has 0 unspecified atom stereocenters. The van der Waals surface area contributed by atoms with Crippen LogP contribution in [0.1, 0.15) is 19.5 Å². The van der Waals surface area contributed by atoms with Crippen molar-refractivity contribution < 1.29 is 32.5 Å². The van der Waals surface area contributed by atoms with Gasteiger partial charge in [0.1, 0.15) is 24.1 Å². The molecule has 3 rings (SSSR count). The van der Waals surface area contributed by atoms with Crippen molar-refractivity contribution in [3.8, 4) is 0 Å². The molecule has 4 atom stereocenters. The summed E-state index contributed by atoms with van der Waals surface area (Å²) in [6.07, 6.45) is -4.31. The fraction of sp³-hybridized carbons (Fsp3) is 0.714. The third-order valence-electron chi connectivity index (χ3n) is 3.87. The molecule has 0 aliphatic carbocycles. The van der Waals surface area contributed by atoms with Crippen molar-refractivity contribution >= 4 is 5.82 Å². The number of rotatable bonds is 3. The molecule has 10 heteroatoms. The lowest BCUT2D eigenvalue weighted by atomic mass is 9.98. The zero-order chi connectivity index (χ0) is 17.5. The summed E-state index contributed by atoms with van der Waals surface area (Å²) in [5, 5.41) is 12.3. The number of nitrogens with one attached hydrogen (secondary N) is 1. The summed E-state index contributed by atoms with van der Waals surface area (Å²) < 4.78 is 54.7. The Balaban J connectivity index is 1.73. The van der Waals surface area contributed by atoms with Crippen molar-refractivity contribution in [1.82, 2.24) is 9.97 Å². The Morgan fingerprint density at radius 2 is 1.96 bits per heavy atom. The number of fused-ring (bicyclic) bond motifs is 1. The lowest BCUT2D eigenvalue weighted by Gasteiger charge is -2.36. The predicted octanol–water partition coefficient (Wildman–Crippen LogP) is 1.19. The summed E-state index contributed by atoms with van der Waals surface area (Å²) in [5.74, 6) is -0.673. The van der Waals surface area contributed by atoms with E-state index in [4.69, 9.17) is 14.2 Å². The second kappa shape index (κ2) is 6.10. The number of alkyl halides is 3. The second-order valence-corrected chi connectivity index (χ2v) is 6.15. The molecule has 1 aromatic heterocycles. The van der Waals surface area contributed by atoms with Crippen LogP contribution in [0.3, 0.4) is 0 Å². The van der Waals surface area contributed by atoms with Gasteiger partial charge in [0.15, 0.2) is 11.5 Å². The van der Waals surface area contributed by atoms with Crippen LogP contribution in [0.2, 0.25) is 0 Å². The molecule has 0 bridgehead atoms. The number of aliphatic hydroxyl groups excluding tert-OH is 1. The maximum atomic E-state index is 12.5. The van der Waals surface area contributed by atoms with Gasteiger partial charge in [-0.2, -0.15) is 13.2 Å². The number of anilines is 1. The third-order valence-corrected chi connectivity index (χ3v) is 3.87. The zero-order valence-electron chi connectivity index (χ0n) is 13.1. The van der Waals surface area contributed by atoms with Gasteiger partial charge in [-0.15, -0.1) is 0 Å². The maximum Gasteiger partial charge on any atom is 0.434 e. The number of nitrogens with zero attached hydrogens (tertiary/aromatic N) is 2. The monoisotopic (exact) mass is 349 g/mol. The van der Waals surface area contributed by atoms with E-state index in [-0.39, 0.29) is 19.0 Å². The highest BCUT2D eigenvalue weighted by atomic mass is 19.4. The first-order valence-electron chi connectivity index (χ1n) is 7.43. The summed E-state index contributed by atoms with van der Waals surface area (Å²) in [6, 6.07) is -0.398. The molecule has 2 saturated heterocycles. The average Bonchev–Trinajstić information content (AvgIpc) is 2.83. The van der Waals surface area contributed by atoms with E-state index in [2.05, 4.69) is 15.3 Å². The molecule has 2 N–H and O–H groups in total. The van der Waals surface area contributed by atoms with E-state index in [0.29, 0.717) is 6.20 Å². The summed E-state index contributed by atoms with van der Waals surface area (Å²) in [7, 11) is 0. The van der Waals surface area contributed by atoms with Crippen LogP contribution in [0.5, 0.6) is 0 Å². The quantitative estimate of drug-likeness (QED) is 0.848. The minimum atomic E-state index is -4.54. The predicted molar refractivity (Wildman–Crippen MR) is 75.1 cm³/mol. The molecule has 2 aliphatic rings. The zero-order valence-corrected chi connectivity index (χ0v) is 13.1. The van der Waals surface area contributed by atoms with E-state index in [0.717, 1.165) is 6.20 Å². The summed E-state index contributed by atoms with van der Waals surface area (Å²) in [5.41, 5.74) is -1.06. The largest absolute Gasteiger partial charge is 0.434 e. The van der Waals surface area contributed by atoms with Crippen molar-refractivity contribution in [2.75, 3.05) is 18.5 Å². The fourth-order valence-corrected chi connectivity index (χ4v) is 2.85. The topological polar surface area (TPSA) is 85.7 Å². The molecule has 0 radical (unpaired) electrons. The Morgan fingerprint density at radius 1 is 1.25 bits per heavy atom. The molecule has 2 fully saturated rings. The minimum absolute atomic E-state index is 0.172. The molecule has 7 nitrogen and oxygen atoms in total. The molecule has 0 saturated carbocycles. The normalized spacial score (nSPS) is 32.4. The van der Waals surface area contributed by atoms with Crippen LogP contribution in [0, 0.1) is 0 Å². The van der Waals surface area contributed by atoms with E-state index >= 15 is 0 Å². The third kappa shape index (κ3) is 3.46. The Kier molecular flexibility index (Phi) is 4.41. The summed E-state index contributed by atoms with van der Waals surface area (Å²) in [6.45, 7) is 3.46. The number of hydrogen-bond donors (Lipinski definition) is 2. The van der Waals surface area contributed by atoms with Gasteiger partial charge in [0, 0.05) is 0 Å². The smallest absolute Gasteiger partial charge is 0.394 e. The fourth-order valence-electron chi connectivity index (χ4n) is 2.85. The van der Waals surface area contributed by atoms with Crippen LogP contribution < -0.4 is 5.32 Å². The molecule has 0 amide bonds. The van der Waals surface area contributed by atoms with Gasteiger partial charge in [-0.1, -0.05) is 0 Å². The van der Waals surface area contributed by atoms with Crippen LogP contribution in [-0.4, -0.2) is 58.4 Å². The standard InChI is InChI=1S/C14H18F3N3O4/c1-13(2)23-11-7(6-22-8(5-21)12(11)24-13)20-10-4-18-9(3-19-10)14(15,16)17/h3-4,7-8,11-12,21H,5-6H2,1-2H3,(H,19,20)/t7-,8+,11+,12-/m0/s1. The molecule has 24 heavy (non-hydrogen) atoms. The molecule has 1 aromatic rings. The minimum Gasteiger partial charge on any atom is -0.394 e. The highest BCUT2D eigenvalue weighted by Crippen LogP contribution is 2.36. The maximum absolute atomic E-state index is 12.5. The average molecular weight is 349 g/mol. The lowest BCUT2D eigenvalue weighted by Crippen LogP contribution is -2.55. The first-order chi connectivity index (χ1) is 11.2. The Labute approximate surface area is 136 Å². The summed E-state index contributed by atoms with van der Waals surface area (Å²) in [4.78, 5) is 7.09. The van der Waals surface area contributed by atoms with Crippen molar-refractivity contribution in [2.45, 2.75) is 50.2 Å². The van der Waals surface area contributed by atoms with E-state index in [1.54, 1.807) is 13.8 Å². The Morgan fingerprint density at radius 3 is 2.54 bits per heavy atom. The van der Waals surface area contributed by atoms with Crippen molar-refractivity contribution in [3.63, 3.8) is 0 Å². The molecule has 3 heterocycles. The highest BCUT2D eigenvalue weighted by molar-refractivity contribution is 5.34. The number of ether oxygens (including phenoxy) is 3. The van der Waals surface area contributed by atoms with Crippen LogP contribution in [0.25, 0.3) is 0 Å². The van der Waals surface area contributed by atoms with Crippen LogP contribution >= 0.6 is 0 Å². The van der Waals surface area contributed by atoms with Gasteiger partial charge in [0.05, 0.1) is 31.6 Å². The second-order valence-electron chi connectivity index (χ2n) is 6.15. The van der Waals surface area contributed by atoms with Gasteiger partial charge < -0.3 is 24.6 Å². The van der Waals surface area contributed by atoms with E-state index in [1.165, 1.54) is 0 Å². The van der Waals surface area contributed by atoms with E-state index in [9.17, 15) is 18.3 Å². The number of hydrogen-bond acceptors (Lipinski definition) is 7. The molecule has 134 valence electrons. The van der Waals surface area contributed by atoms with Crippen molar-refractivity contribution in [3.05, 3.63) is 18.1 Å². The van der Waals surface area contributed by atoms with Gasteiger partial charge in [-0.3, -0.25) is 0 Å². The van der Waals surface area contributed by atoms with E-state index < -0.39 is 42.0 Å². The van der Waals surface area contributed by atoms with Crippen LogP contribution in [0.4, 0.5) is 19.0 Å². The van der Waals surface area contributed by atoms with Crippen molar-refractivity contribution in [2.24, 2.45) is 0 Å². The van der Waals surface area contributed by atoms with Crippen LogP contribution in [-0.2, 0) is 20.4 Å². The molecule has 0 spiro atoms. The number of halogens is 3. The molecular formula is C14H18F3N3O4. The molecule has 0 aromatic carbocycles. The van der Waals surface area contributed by atoms with Gasteiger partial charge >= 0.3 is 6.18 Å². The van der Waals surface area contributed by atoms with E-state index in [1.807, 2.05) is 0 Å². The summed E-state index contributed by atoms with van der Waals surface area (Å²) >= 11 is 0. The van der Waals surface area contributed by atoms with Crippen LogP contribution in [0.15, 0.2) is 12.4 Å². The SMILES string of the molecule is CC1(C)O[C@@H]2[C@H](O1)[C@@H](Nc1cnc(C(F)(F)F)cn1)CO[C@@H]2CO. The lowest BCUT2D eigenvalue weighted by molar-refractivity contribution is -0.157. The van der Waals surface area contributed by atoms with Gasteiger partial charge in [-0.05, 0) is 13.8 Å². The number of aliphatic hydroxyl groups is 1. The number of aromatic nitrogens is 2. The Hall–Kier alpha value is -1.49. The van der Waals surface area contributed by atoms with Gasteiger partial charge in [0.2, 0.25) is 0 Å². The molecule has 2 aliphatic heterocycles. The first kappa shape index (κ1) is 17.3. The van der Waals surface area contributed by atoms with Crippen molar-refractivity contribution in [1.29, 1.82) is 0 Å². The molecular weight excluding hydrogens is 331 g/mol. The van der Waals surface area contributed by atoms with Gasteiger partial charge in [0.25, 0.3) is 0 Å². The van der Waals surface area contributed by atoms with Gasteiger partial charge in [-0.25, -0.2) is 9.97 Å². The Bertz CT molecular complexity index is 582. The first-order valence-corrected chi connectivity index (χ1v) is 7.43. The highest BCUT2D eigenvalue weighted by Gasteiger charge is 2.51.